The largest absolute Gasteiger partial charge is 0.497 e. The molecule has 0 amide bonds. The number of ether oxygens (including phenoxy) is 6. The molecule has 0 aromatic heterocycles. The van der Waals surface area contributed by atoms with Gasteiger partial charge in [-0.25, -0.2) is 0 Å². The van der Waals surface area contributed by atoms with Crippen molar-refractivity contribution in [1.29, 1.82) is 0 Å². The van der Waals surface area contributed by atoms with Crippen molar-refractivity contribution in [2.45, 2.75) is 18.3 Å². The summed E-state index contributed by atoms with van der Waals surface area (Å²) >= 11 is 0. The molecular formula is C28H34O7. The molecule has 0 bridgehead atoms. The van der Waals surface area contributed by atoms with E-state index in [2.05, 4.69) is 24.3 Å². The Kier molecular flexibility index (Phi) is 8.71. The zero-order valence-electron chi connectivity index (χ0n) is 21.4. The van der Waals surface area contributed by atoms with Crippen LogP contribution in [0.2, 0.25) is 0 Å². The summed E-state index contributed by atoms with van der Waals surface area (Å²) in [6.45, 7) is 0. The third kappa shape index (κ3) is 5.10. The smallest absolute Gasteiger partial charge is 0.161 e. The summed E-state index contributed by atoms with van der Waals surface area (Å²) in [6, 6.07) is 16.2. The van der Waals surface area contributed by atoms with Crippen LogP contribution >= 0.6 is 0 Å². The molecule has 3 aromatic rings. The quantitative estimate of drug-likeness (QED) is 0.493. The third-order valence-electron chi connectivity index (χ3n) is 6.38. The van der Waals surface area contributed by atoms with Crippen LogP contribution in [0.15, 0.2) is 48.5 Å². The lowest BCUT2D eigenvalue weighted by atomic mass is 9.81. The Labute approximate surface area is 207 Å². The molecule has 35 heavy (non-hydrogen) atoms. The predicted molar refractivity (Wildman–Crippen MR) is 135 cm³/mol. The van der Waals surface area contributed by atoms with Gasteiger partial charge in [-0.15, -0.1) is 0 Å². The highest BCUT2D eigenvalue weighted by molar-refractivity contribution is 5.59. The van der Waals surface area contributed by atoms with Gasteiger partial charge < -0.3 is 33.5 Å². The Bertz CT molecular complexity index is 1120. The number of methoxy groups -OCH3 is 6. The summed E-state index contributed by atoms with van der Waals surface area (Å²) in [5.74, 6) is 4.65. The number of aliphatic hydroxyl groups is 1. The van der Waals surface area contributed by atoms with E-state index < -0.39 is 0 Å². The standard InChI is InChI=1S/C27H30O6.CH4O/c1-28-19-9-17(10-20(14-19)29-2)22-12-18-11-21(30-3)15-25(33-6)27(18)26(22)16-7-8-23(31-4)24(13-16)32-5;1-2/h7-11,13-15,22,26H,12H2,1-6H3;2H,1H3/t22-,26-;/m1./s1. The van der Waals surface area contributed by atoms with Crippen LogP contribution in [0.25, 0.3) is 0 Å². The first-order chi connectivity index (χ1) is 17.1. The van der Waals surface area contributed by atoms with E-state index >= 15 is 0 Å². The third-order valence-corrected chi connectivity index (χ3v) is 6.38. The van der Waals surface area contributed by atoms with E-state index in [1.165, 1.54) is 5.56 Å². The second kappa shape index (κ2) is 11.7. The zero-order valence-corrected chi connectivity index (χ0v) is 21.4. The minimum Gasteiger partial charge on any atom is -0.497 e. The Morgan fingerprint density at radius 2 is 1.14 bits per heavy atom. The van der Waals surface area contributed by atoms with Crippen molar-refractivity contribution in [2.24, 2.45) is 0 Å². The molecule has 7 heteroatoms. The van der Waals surface area contributed by atoms with Gasteiger partial charge in [-0.05, 0) is 59.4 Å². The van der Waals surface area contributed by atoms with E-state index in [1.54, 1.807) is 42.7 Å². The maximum Gasteiger partial charge on any atom is 0.161 e. The van der Waals surface area contributed by atoms with Crippen LogP contribution in [0.4, 0.5) is 0 Å². The fourth-order valence-electron chi connectivity index (χ4n) is 4.82. The molecule has 0 unspecified atom stereocenters. The molecule has 7 nitrogen and oxygen atoms in total. The molecule has 0 radical (unpaired) electrons. The number of benzene rings is 3. The van der Waals surface area contributed by atoms with Crippen LogP contribution in [-0.4, -0.2) is 54.9 Å². The second-order valence-corrected chi connectivity index (χ2v) is 7.95. The number of rotatable bonds is 8. The highest BCUT2D eigenvalue weighted by Crippen LogP contribution is 2.53. The fraction of sp³-hybridized carbons (Fsp3) is 0.357. The van der Waals surface area contributed by atoms with Crippen LogP contribution in [0.1, 0.15) is 34.1 Å². The van der Waals surface area contributed by atoms with E-state index in [0.29, 0.717) is 11.5 Å². The highest BCUT2D eigenvalue weighted by Gasteiger charge is 2.38. The van der Waals surface area contributed by atoms with Crippen LogP contribution in [0, 0.1) is 0 Å². The van der Waals surface area contributed by atoms with Crippen molar-refractivity contribution in [2.75, 3.05) is 49.8 Å². The van der Waals surface area contributed by atoms with Crippen molar-refractivity contribution in [3.8, 4) is 34.5 Å². The van der Waals surface area contributed by atoms with Crippen LogP contribution in [-0.2, 0) is 6.42 Å². The lowest BCUT2D eigenvalue weighted by Crippen LogP contribution is -2.10. The molecule has 188 valence electrons. The van der Waals surface area contributed by atoms with E-state index in [0.717, 1.165) is 53.2 Å². The molecule has 0 fully saturated rings. The lowest BCUT2D eigenvalue weighted by molar-refractivity contribution is 0.354. The van der Waals surface area contributed by atoms with Crippen LogP contribution < -0.4 is 28.4 Å². The average Bonchev–Trinajstić information content (AvgIpc) is 3.32. The molecule has 3 aromatic carbocycles. The normalized spacial score (nSPS) is 15.9. The van der Waals surface area contributed by atoms with Gasteiger partial charge in [-0.3, -0.25) is 0 Å². The summed E-state index contributed by atoms with van der Waals surface area (Å²) in [7, 11) is 11.0. The molecule has 2 atom stereocenters. The summed E-state index contributed by atoms with van der Waals surface area (Å²) in [5, 5.41) is 7.00. The van der Waals surface area contributed by atoms with Gasteiger partial charge in [0.2, 0.25) is 0 Å². The van der Waals surface area contributed by atoms with Gasteiger partial charge in [0.1, 0.15) is 23.0 Å². The maximum atomic E-state index is 7.00. The predicted octanol–water partition coefficient (Wildman–Crippen LogP) is 4.82. The first-order valence-electron chi connectivity index (χ1n) is 11.2. The van der Waals surface area contributed by atoms with Crippen molar-refractivity contribution in [3.63, 3.8) is 0 Å². The van der Waals surface area contributed by atoms with E-state index in [4.69, 9.17) is 33.5 Å². The minimum atomic E-state index is 0.0254. The van der Waals surface area contributed by atoms with Gasteiger partial charge in [0.25, 0.3) is 0 Å². The molecule has 1 aliphatic carbocycles. The number of aliphatic hydroxyl groups excluding tert-OH is 1. The zero-order chi connectivity index (χ0) is 25.5. The first-order valence-corrected chi connectivity index (χ1v) is 11.2. The fourth-order valence-corrected chi connectivity index (χ4v) is 4.82. The number of hydrogen-bond donors (Lipinski definition) is 1. The summed E-state index contributed by atoms with van der Waals surface area (Å²) < 4.78 is 33.6. The molecule has 4 rings (SSSR count). The van der Waals surface area contributed by atoms with Crippen molar-refractivity contribution in [1.82, 2.24) is 0 Å². The molecule has 0 heterocycles. The lowest BCUT2D eigenvalue weighted by Gasteiger charge is -2.24. The van der Waals surface area contributed by atoms with Crippen LogP contribution in [0.5, 0.6) is 34.5 Å². The SMILES string of the molecule is CO.COc1cc(OC)cc([C@H]2Cc3cc(OC)cc(OC)c3[C@@H]2c2ccc(OC)c(OC)c2)c1. The van der Waals surface area contributed by atoms with Gasteiger partial charge in [-0.1, -0.05) is 6.07 Å². The van der Waals surface area contributed by atoms with Gasteiger partial charge >= 0.3 is 0 Å². The Balaban J connectivity index is 0.00000167. The maximum absolute atomic E-state index is 7.00. The number of hydrogen-bond acceptors (Lipinski definition) is 7. The summed E-state index contributed by atoms with van der Waals surface area (Å²) in [4.78, 5) is 0. The Morgan fingerprint density at radius 1 is 0.571 bits per heavy atom. The second-order valence-electron chi connectivity index (χ2n) is 7.95. The van der Waals surface area contributed by atoms with Gasteiger partial charge in [0.15, 0.2) is 11.5 Å². The minimum absolute atomic E-state index is 0.0254. The Morgan fingerprint density at radius 3 is 1.69 bits per heavy atom. The van der Waals surface area contributed by atoms with Gasteiger partial charge in [0.05, 0.1) is 42.7 Å². The molecule has 0 spiro atoms. The van der Waals surface area contributed by atoms with Crippen molar-refractivity contribution >= 4 is 0 Å². The van der Waals surface area contributed by atoms with E-state index in [9.17, 15) is 0 Å². The monoisotopic (exact) mass is 482 g/mol. The molecule has 0 saturated heterocycles. The molecule has 0 aliphatic heterocycles. The number of fused-ring (bicyclic) bond motifs is 1. The molecule has 1 N–H and O–H groups in total. The highest BCUT2D eigenvalue weighted by atomic mass is 16.5. The first kappa shape index (κ1) is 26.0. The van der Waals surface area contributed by atoms with E-state index in [-0.39, 0.29) is 11.8 Å². The van der Waals surface area contributed by atoms with Crippen molar-refractivity contribution in [3.05, 3.63) is 70.8 Å². The van der Waals surface area contributed by atoms with Crippen LogP contribution in [0.3, 0.4) is 0 Å². The van der Waals surface area contributed by atoms with Gasteiger partial charge in [-0.2, -0.15) is 0 Å². The summed E-state index contributed by atoms with van der Waals surface area (Å²) in [5.41, 5.74) is 4.58. The average molecular weight is 483 g/mol. The molecular weight excluding hydrogens is 448 g/mol. The molecule has 1 aliphatic rings. The van der Waals surface area contributed by atoms with Crippen molar-refractivity contribution < 1.29 is 33.5 Å². The van der Waals surface area contributed by atoms with E-state index in [1.807, 2.05) is 24.3 Å². The molecule has 0 saturated carbocycles. The summed E-state index contributed by atoms with van der Waals surface area (Å²) in [6.07, 6.45) is 0.818. The Hall–Kier alpha value is -3.58. The van der Waals surface area contributed by atoms with Gasteiger partial charge in [0, 0.05) is 30.7 Å². The topological polar surface area (TPSA) is 75.6 Å².